The van der Waals surface area contributed by atoms with Gasteiger partial charge in [0.15, 0.2) is 0 Å². The zero-order valence-electron chi connectivity index (χ0n) is 13.4. The number of piperazine rings is 1. The maximum absolute atomic E-state index is 5.71. The second-order valence-corrected chi connectivity index (χ2v) is 5.66. The van der Waals surface area contributed by atoms with Crippen LogP contribution in [0.1, 0.15) is 5.56 Å². The van der Waals surface area contributed by atoms with E-state index in [0.717, 1.165) is 61.4 Å². The summed E-state index contributed by atoms with van der Waals surface area (Å²) in [7, 11) is 3.48. The molecule has 1 saturated heterocycles. The second kappa shape index (κ2) is 6.99. The Balaban J connectivity index is 1.90. The van der Waals surface area contributed by atoms with Crippen molar-refractivity contribution in [3.63, 3.8) is 0 Å². The molecule has 0 atom stereocenters. The summed E-state index contributed by atoms with van der Waals surface area (Å²) in [5.74, 6) is 1.90. The van der Waals surface area contributed by atoms with Crippen molar-refractivity contribution in [2.24, 2.45) is 0 Å². The van der Waals surface area contributed by atoms with Gasteiger partial charge in [-0.2, -0.15) is 0 Å². The minimum Gasteiger partial charge on any atom is -0.496 e. The summed E-state index contributed by atoms with van der Waals surface area (Å²) < 4.78 is 11.3. The van der Waals surface area contributed by atoms with Gasteiger partial charge in [-0.1, -0.05) is 24.3 Å². The first-order valence-corrected chi connectivity index (χ1v) is 7.89. The highest BCUT2D eigenvalue weighted by atomic mass is 16.5. The Kier molecular flexibility index (Phi) is 4.80. The van der Waals surface area contributed by atoms with Crippen LogP contribution in [0.2, 0.25) is 0 Å². The Bertz CT molecular complexity index is 636. The molecule has 0 saturated carbocycles. The van der Waals surface area contributed by atoms with Crippen molar-refractivity contribution in [3.8, 4) is 11.5 Å². The van der Waals surface area contributed by atoms with Gasteiger partial charge in [0.2, 0.25) is 0 Å². The predicted molar refractivity (Wildman–Crippen MR) is 90.1 cm³/mol. The zero-order chi connectivity index (χ0) is 15.4. The first-order chi connectivity index (χ1) is 10.8. The van der Waals surface area contributed by atoms with Crippen LogP contribution in [0.25, 0.3) is 10.8 Å². The van der Waals surface area contributed by atoms with Gasteiger partial charge in [-0.15, -0.1) is 0 Å². The Hall–Kier alpha value is -1.78. The van der Waals surface area contributed by atoms with E-state index in [2.05, 4.69) is 28.4 Å². The van der Waals surface area contributed by atoms with Gasteiger partial charge in [0.05, 0.1) is 14.2 Å². The van der Waals surface area contributed by atoms with Gasteiger partial charge in [0, 0.05) is 43.5 Å². The lowest BCUT2D eigenvalue weighted by Gasteiger charge is -2.27. The molecule has 0 amide bonds. The second-order valence-electron chi connectivity index (χ2n) is 5.66. The van der Waals surface area contributed by atoms with Gasteiger partial charge >= 0.3 is 0 Å². The lowest BCUT2D eigenvalue weighted by atomic mass is 10.0. The van der Waals surface area contributed by atoms with E-state index < -0.39 is 0 Å². The topological polar surface area (TPSA) is 33.7 Å². The molecule has 0 aromatic heterocycles. The van der Waals surface area contributed by atoms with Crippen LogP contribution in [0, 0.1) is 0 Å². The molecule has 4 nitrogen and oxygen atoms in total. The third-order valence-corrected chi connectivity index (χ3v) is 4.37. The standard InChI is InChI=1S/C18H24N2O2/c1-21-17-13-14(7-10-20-11-8-19-9-12-20)18(22-2)16-6-4-3-5-15(16)17/h3-6,13,19H,7-12H2,1-2H3. The molecule has 1 aliphatic heterocycles. The molecule has 1 aliphatic rings. The highest BCUT2D eigenvalue weighted by molar-refractivity contribution is 5.94. The van der Waals surface area contributed by atoms with E-state index in [9.17, 15) is 0 Å². The highest BCUT2D eigenvalue weighted by Gasteiger charge is 2.15. The first kappa shape index (κ1) is 15.1. The summed E-state index contributed by atoms with van der Waals surface area (Å²) in [6, 6.07) is 10.4. The van der Waals surface area contributed by atoms with E-state index in [4.69, 9.17) is 9.47 Å². The molecule has 0 radical (unpaired) electrons. The van der Waals surface area contributed by atoms with E-state index in [0.29, 0.717) is 0 Å². The number of hydrogen-bond donors (Lipinski definition) is 1. The van der Waals surface area contributed by atoms with Gasteiger partial charge in [-0.3, -0.25) is 0 Å². The van der Waals surface area contributed by atoms with Crippen LogP contribution in [0.5, 0.6) is 11.5 Å². The molecule has 1 heterocycles. The van der Waals surface area contributed by atoms with Crippen molar-refractivity contribution in [2.45, 2.75) is 6.42 Å². The van der Waals surface area contributed by atoms with Crippen LogP contribution in [-0.4, -0.2) is 51.8 Å². The number of rotatable bonds is 5. The fraction of sp³-hybridized carbons (Fsp3) is 0.444. The van der Waals surface area contributed by atoms with Crippen LogP contribution in [0.4, 0.5) is 0 Å². The summed E-state index contributed by atoms with van der Waals surface area (Å²) in [6.45, 7) is 5.45. The molecule has 2 aromatic carbocycles. The molecule has 118 valence electrons. The minimum atomic E-state index is 0.923. The monoisotopic (exact) mass is 300 g/mol. The molecule has 0 unspecified atom stereocenters. The van der Waals surface area contributed by atoms with Crippen molar-refractivity contribution < 1.29 is 9.47 Å². The SMILES string of the molecule is COc1cc(CCN2CCNCC2)c(OC)c2ccccc12. The predicted octanol–water partition coefficient (Wildman–Crippen LogP) is 2.30. The summed E-state index contributed by atoms with van der Waals surface area (Å²) in [6.07, 6.45) is 0.977. The fourth-order valence-corrected chi connectivity index (χ4v) is 3.18. The van der Waals surface area contributed by atoms with Crippen LogP contribution in [-0.2, 0) is 6.42 Å². The van der Waals surface area contributed by atoms with Crippen LogP contribution >= 0.6 is 0 Å². The zero-order valence-corrected chi connectivity index (χ0v) is 13.4. The molecule has 1 N–H and O–H groups in total. The summed E-state index contributed by atoms with van der Waals surface area (Å²) in [5, 5.41) is 5.62. The third-order valence-electron chi connectivity index (χ3n) is 4.37. The molecule has 0 spiro atoms. The lowest BCUT2D eigenvalue weighted by molar-refractivity contribution is 0.243. The van der Waals surface area contributed by atoms with Crippen LogP contribution in [0.3, 0.4) is 0 Å². The van der Waals surface area contributed by atoms with Gasteiger partial charge in [-0.05, 0) is 18.1 Å². The Morgan fingerprint density at radius 2 is 1.77 bits per heavy atom. The van der Waals surface area contributed by atoms with E-state index in [-0.39, 0.29) is 0 Å². The first-order valence-electron chi connectivity index (χ1n) is 7.89. The quantitative estimate of drug-likeness (QED) is 0.919. The Morgan fingerprint density at radius 3 is 2.45 bits per heavy atom. The maximum atomic E-state index is 5.71. The van der Waals surface area contributed by atoms with E-state index in [1.165, 1.54) is 5.56 Å². The molecule has 4 heteroatoms. The third kappa shape index (κ3) is 3.03. The van der Waals surface area contributed by atoms with Crippen molar-refractivity contribution in [3.05, 3.63) is 35.9 Å². The highest BCUT2D eigenvalue weighted by Crippen LogP contribution is 2.36. The average Bonchev–Trinajstić information content (AvgIpc) is 2.59. The molecule has 1 fully saturated rings. The van der Waals surface area contributed by atoms with Crippen molar-refractivity contribution in [2.75, 3.05) is 46.9 Å². The lowest BCUT2D eigenvalue weighted by Crippen LogP contribution is -2.44. The molecule has 3 rings (SSSR count). The van der Waals surface area contributed by atoms with Gasteiger partial charge in [-0.25, -0.2) is 0 Å². The number of nitrogens with zero attached hydrogens (tertiary/aromatic N) is 1. The van der Waals surface area contributed by atoms with Crippen molar-refractivity contribution >= 4 is 10.8 Å². The maximum Gasteiger partial charge on any atom is 0.130 e. The number of hydrogen-bond acceptors (Lipinski definition) is 4. The fourth-order valence-electron chi connectivity index (χ4n) is 3.18. The largest absolute Gasteiger partial charge is 0.496 e. The number of nitrogens with one attached hydrogen (secondary N) is 1. The van der Waals surface area contributed by atoms with Crippen molar-refractivity contribution in [1.29, 1.82) is 0 Å². The van der Waals surface area contributed by atoms with Gasteiger partial charge < -0.3 is 19.7 Å². The summed E-state index contributed by atoms with van der Waals surface area (Å²) >= 11 is 0. The van der Waals surface area contributed by atoms with Crippen molar-refractivity contribution in [1.82, 2.24) is 10.2 Å². The van der Waals surface area contributed by atoms with Crippen LogP contribution in [0.15, 0.2) is 30.3 Å². The van der Waals surface area contributed by atoms with Gasteiger partial charge in [0.1, 0.15) is 11.5 Å². The molecule has 22 heavy (non-hydrogen) atoms. The van der Waals surface area contributed by atoms with E-state index in [1.807, 2.05) is 12.1 Å². The Morgan fingerprint density at radius 1 is 1.05 bits per heavy atom. The smallest absolute Gasteiger partial charge is 0.130 e. The Labute approximate surface area is 132 Å². The summed E-state index contributed by atoms with van der Waals surface area (Å²) in [4.78, 5) is 2.50. The number of methoxy groups -OCH3 is 2. The number of fused-ring (bicyclic) bond motifs is 1. The van der Waals surface area contributed by atoms with E-state index in [1.54, 1.807) is 14.2 Å². The average molecular weight is 300 g/mol. The molecule has 0 aliphatic carbocycles. The van der Waals surface area contributed by atoms with E-state index >= 15 is 0 Å². The molecular weight excluding hydrogens is 276 g/mol. The molecule has 0 bridgehead atoms. The minimum absolute atomic E-state index is 0.923. The number of benzene rings is 2. The molecule has 2 aromatic rings. The van der Waals surface area contributed by atoms with Crippen LogP contribution < -0.4 is 14.8 Å². The normalized spacial score (nSPS) is 15.9. The van der Waals surface area contributed by atoms with Gasteiger partial charge in [0.25, 0.3) is 0 Å². The number of ether oxygens (including phenoxy) is 2. The summed E-state index contributed by atoms with van der Waals surface area (Å²) in [5.41, 5.74) is 1.22. The molecular formula is C18H24N2O2.